The van der Waals surface area contributed by atoms with E-state index in [2.05, 4.69) is 5.10 Å². The summed E-state index contributed by atoms with van der Waals surface area (Å²) < 4.78 is 40.5. The van der Waals surface area contributed by atoms with Gasteiger partial charge in [-0.15, -0.1) is 0 Å². The topological polar surface area (TPSA) is 38.1 Å². The van der Waals surface area contributed by atoms with Gasteiger partial charge in [-0.2, -0.15) is 18.3 Å². The minimum absolute atomic E-state index is 0.108. The molecule has 0 amide bonds. The molecule has 7 heteroatoms. The summed E-state index contributed by atoms with van der Waals surface area (Å²) in [6, 6.07) is 6.08. The Bertz CT molecular complexity index is 629. The van der Waals surface area contributed by atoms with Gasteiger partial charge < -0.3 is 5.11 Å². The van der Waals surface area contributed by atoms with E-state index in [1.807, 2.05) is 0 Å². The third kappa shape index (κ3) is 2.66. The number of nitrogens with zero attached hydrogens (tertiary/aromatic N) is 2. The summed E-state index contributed by atoms with van der Waals surface area (Å²) in [6.45, 7) is 2.55. The standard InChI is InChI=1S/C13H12ClF3N2O/c1-12(2,20)8-7-18-19(11(8)13(15,16)17)10-6-4-3-5-9(10)14/h3-7,20H,1-2H3. The van der Waals surface area contributed by atoms with Gasteiger partial charge in [-0.3, -0.25) is 0 Å². The van der Waals surface area contributed by atoms with Crippen molar-refractivity contribution in [1.82, 2.24) is 9.78 Å². The fourth-order valence-corrected chi connectivity index (χ4v) is 2.09. The van der Waals surface area contributed by atoms with Gasteiger partial charge in [0.2, 0.25) is 0 Å². The van der Waals surface area contributed by atoms with Crippen LogP contribution in [0.3, 0.4) is 0 Å². The average Bonchev–Trinajstić information content (AvgIpc) is 2.73. The van der Waals surface area contributed by atoms with Crippen molar-refractivity contribution in [1.29, 1.82) is 0 Å². The number of hydrogen-bond acceptors (Lipinski definition) is 2. The molecule has 0 saturated carbocycles. The molecule has 3 nitrogen and oxygen atoms in total. The molecule has 0 radical (unpaired) electrons. The predicted octanol–water partition coefficient (Wildman–Crippen LogP) is 3.77. The Morgan fingerprint density at radius 2 is 1.80 bits per heavy atom. The van der Waals surface area contributed by atoms with E-state index in [9.17, 15) is 18.3 Å². The lowest BCUT2D eigenvalue weighted by molar-refractivity contribution is -0.145. The maximum atomic E-state index is 13.3. The third-order valence-electron chi connectivity index (χ3n) is 2.78. The molecule has 1 heterocycles. The minimum Gasteiger partial charge on any atom is -0.386 e. The third-order valence-corrected chi connectivity index (χ3v) is 3.10. The zero-order valence-electron chi connectivity index (χ0n) is 10.7. The predicted molar refractivity (Wildman–Crippen MR) is 68.8 cm³/mol. The van der Waals surface area contributed by atoms with Crippen LogP contribution >= 0.6 is 11.6 Å². The molecule has 2 rings (SSSR count). The van der Waals surface area contributed by atoms with Crippen LogP contribution in [0.25, 0.3) is 5.69 Å². The highest BCUT2D eigenvalue weighted by Crippen LogP contribution is 2.38. The number of aromatic nitrogens is 2. The number of para-hydroxylation sites is 1. The quantitative estimate of drug-likeness (QED) is 0.917. The van der Waals surface area contributed by atoms with E-state index < -0.39 is 17.5 Å². The van der Waals surface area contributed by atoms with Gasteiger partial charge in [-0.25, -0.2) is 4.68 Å². The van der Waals surface area contributed by atoms with Gasteiger partial charge in [0.25, 0.3) is 0 Å². The fourth-order valence-electron chi connectivity index (χ4n) is 1.88. The van der Waals surface area contributed by atoms with E-state index in [0.29, 0.717) is 4.68 Å². The smallest absolute Gasteiger partial charge is 0.386 e. The first kappa shape index (κ1) is 14.9. The highest BCUT2D eigenvalue weighted by atomic mass is 35.5. The SMILES string of the molecule is CC(C)(O)c1cnn(-c2ccccc2Cl)c1C(F)(F)F. The van der Waals surface area contributed by atoms with Crippen LogP contribution in [0.2, 0.25) is 5.02 Å². The Labute approximate surface area is 118 Å². The molecular weight excluding hydrogens is 293 g/mol. The van der Waals surface area contributed by atoms with Gasteiger partial charge in [0.1, 0.15) is 0 Å². The highest BCUT2D eigenvalue weighted by molar-refractivity contribution is 6.32. The van der Waals surface area contributed by atoms with Crippen LogP contribution in [-0.4, -0.2) is 14.9 Å². The molecule has 0 bridgehead atoms. The summed E-state index contributed by atoms with van der Waals surface area (Å²) in [7, 11) is 0. The molecule has 20 heavy (non-hydrogen) atoms. The molecule has 0 unspecified atom stereocenters. The number of aliphatic hydroxyl groups is 1. The van der Waals surface area contributed by atoms with Gasteiger partial charge >= 0.3 is 6.18 Å². The highest BCUT2D eigenvalue weighted by Gasteiger charge is 2.42. The van der Waals surface area contributed by atoms with Crippen LogP contribution < -0.4 is 0 Å². The van der Waals surface area contributed by atoms with Crippen LogP contribution in [0.1, 0.15) is 25.1 Å². The van der Waals surface area contributed by atoms with Crippen molar-refractivity contribution < 1.29 is 18.3 Å². The van der Waals surface area contributed by atoms with Crippen molar-refractivity contribution in [3.8, 4) is 5.69 Å². The monoisotopic (exact) mass is 304 g/mol. The summed E-state index contributed by atoms with van der Waals surface area (Å²) in [5, 5.41) is 13.8. The molecule has 0 saturated heterocycles. The molecule has 0 atom stereocenters. The summed E-state index contributed by atoms with van der Waals surface area (Å²) in [6.07, 6.45) is -3.66. The minimum atomic E-state index is -4.66. The van der Waals surface area contributed by atoms with E-state index >= 15 is 0 Å². The van der Waals surface area contributed by atoms with Crippen molar-refractivity contribution in [3.05, 3.63) is 46.7 Å². The average molecular weight is 305 g/mol. The van der Waals surface area contributed by atoms with Crippen LogP contribution in [-0.2, 0) is 11.8 Å². The van der Waals surface area contributed by atoms with Crippen LogP contribution in [0.4, 0.5) is 13.2 Å². The Morgan fingerprint density at radius 1 is 1.20 bits per heavy atom. The molecule has 1 N–H and O–H groups in total. The normalized spacial score (nSPS) is 12.8. The Morgan fingerprint density at radius 3 is 2.30 bits per heavy atom. The molecule has 1 aromatic heterocycles. The lowest BCUT2D eigenvalue weighted by Crippen LogP contribution is -2.23. The molecular formula is C13H12ClF3N2O. The maximum absolute atomic E-state index is 13.3. The zero-order valence-corrected chi connectivity index (χ0v) is 11.5. The van der Waals surface area contributed by atoms with Crippen molar-refractivity contribution in [2.24, 2.45) is 0 Å². The molecule has 108 valence electrons. The second-order valence-corrected chi connectivity index (χ2v) is 5.23. The van der Waals surface area contributed by atoms with Crippen molar-refractivity contribution in [2.75, 3.05) is 0 Å². The summed E-state index contributed by atoms with van der Waals surface area (Å²) in [5.74, 6) is 0. The van der Waals surface area contributed by atoms with Gasteiger partial charge in [0.15, 0.2) is 5.69 Å². The summed E-state index contributed by atoms with van der Waals surface area (Å²) in [4.78, 5) is 0. The number of hydrogen-bond donors (Lipinski definition) is 1. The van der Waals surface area contributed by atoms with Gasteiger partial charge in [0, 0.05) is 5.56 Å². The van der Waals surface area contributed by atoms with Crippen LogP contribution in [0.15, 0.2) is 30.5 Å². The lowest BCUT2D eigenvalue weighted by atomic mass is 9.99. The Kier molecular flexibility index (Phi) is 3.56. The van der Waals surface area contributed by atoms with E-state index in [1.54, 1.807) is 12.1 Å². The Hall–Kier alpha value is -1.53. The first-order valence-corrected chi connectivity index (χ1v) is 6.13. The van der Waals surface area contributed by atoms with Gasteiger partial charge in [0.05, 0.1) is 22.5 Å². The van der Waals surface area contributed by atoms with E-state index in [-0.39, 0.29) is 16.3 Å². The summed E-state index contributed by atoms with van der Waals surface area (Å²) >= 11 is 5.91. The summed E-state index contributed by atoms with van der Waals surface area (Å²) in [5.41, 5.74) is -2.88. The molecule has 0 aliphatic heterocycles. The van der Waals surface area contributed by atoms with Gasteiger partial charge in [-0.1, -0.05) is 23.7 Å². The lowest BCUT2D eigenvalue weighted by Gasteiger charge is -2.20. The van der Waals surface area contributed by atoms with Gasteiger partial charge in [-0.05, 0) is 26.0 Å². The number of halogens is 4. The first-order valence-electron chi connectivity index (χ1n) is 5.75. The second-order valence-electron chi connectivity index (χ2n) is 4.83. The number of alkyl halides is 3. The largest absolute Gasteiger partial charge is 0.433 e. The van der Waals surface area contributed by atoms with Crippen molar-refractivity contribution >= 4 is 11.6 Å². The number of benzene rings is 1. The molecule has 0 spiro atoms. The fraction of sp³-hybridized carbons (Fsp3) is 0.308. The molecule has 2 aromatic rings. The molecule has 0 aliphatic rings. The van der Waals surface area contributed by atoms with E-state index in [4.69, 9.17) is 11.6 Å². The Balaban J connectivity index is 2.74. The number of rotatable bonds is 2. The molecule has 0 fully saturated rings. The first-order chi connectivity index (χ1) is 9.12. The van der Waals surface area contributed by atoms with E-state index in [0.717, 1.165) is 6.20 Å². The second kappa shape index (κ2) is 4.79. The van der Waals surface area contributed by atoms with E-state index in [1.165, 1.54) is 26.0 Å². The molecule has 0 aliphatic carbocycles. The maximum Gasteiger partial charge on any atom is 0.433 e. The van der Waals surface area contributed by atoms with Crippen molar-refractivity contribution in [2.45, 2.75) is 25.6 Å². The van der Waals surface area contributed by atoms with Crippen molar-refractivity contribution in [3.63, 3.8) is 0 Å². The zero-order chi connectivity index (χ0) is 15.1. The van der Waals surface area contributed by atoms with Crippen LogP contribution in [0.5, 0.6) is 0 Å². The molecule has 1 aromatic carbocycles. The van der Waals surface area contributed by atoms with Crippen LogP contribution in [0, 0.1) is 0 Å².